The number of carbonyl (C=O) groups excluding carboxylic acids is 3. The Hall–Kier alpha value is -2.63. The van der Waals surface area contributed by atoms with E-state index >= 15 is 0 Å². The number of ether oxygens (including phenoxy) is 2. The number of carbonyl (C=O) groups is 3. The summed E-state index contributed by atoms with van der Waals surface area (Å²) in [6, 6.07) is 7.29. The van der Waals surface area contributed by atoms with Crippen molar-refractivity contribution < 1.29 is 23.9 Å². The first-order valence-corrected chi connectivity index (χ1v) is 11.9. The van der Waals surface area contributed by atoms with Gasteiger partial charge in [-0.2, -0.15) is 0 Å². The quantitative estimate of drug-likeness (QED) is 0.648. The fourth-order valence-electron chi connectivity index (χ4n) is 4.39. The molecule has 32 heavy (non-hydrogen) atoms. The average molecular weight is 476 g/mol. The lowest BCUT2D eigenvalue weighted by Gasteiger charge is -2.31. The molecule has 2 fully saturated rings. The van der Waals surface area contributed by atoms with Crippen molar-refractivity contribution in [1.82, 2.24) is 14.8 Å². The molecule has 4 heterocycles. The van der Waals surface area contributed by atoms with Gasteiger partial charge >= 0.3 is 4.87 Å². The van der Waals surface area contributed by atoms with E-state index in [0.717, 1.165) is 16.9 Å². The van der Waals surface area contributed by atoms with Gasteiger partial charge in [0, 0.05) is 23.9 Å². The van der Waals surface area contributed by atoms with E-state index in [0.29, 0.717) is 42.0 Å². The molecule has 11 heteroatoms. The highest BCUT2D eigenvalue weighted by molar-refractivity contribution is 8.00. The lowest BCUT2D eigenvalue weighted by Crippen LogP contribution is -2.43. The molecule has 2 saturated heterocycles. The molecule has 9 nitrogen and oxygen atoms in total. The van der Waals surface area contributed by atoms with Crippen LogP contribution in [0.1, 0.15) is 16.4 Å². The fourth-order valence-corrected chi connectivity index (χ4v) is 7.13. The van der Waals surface area contributed by atoms with E-state index in [-0.39, 0.29) is 29.1 Å². The molecule has 168 valence electrons. The molecule has 0 aliphatic carbocycles. The van der Waals surface area contributed by atoms with Crippen LogP contribution >= 0.6 is 23.1 Å². The number of nitrogens with zero attached hydrogens (tertiary/aromatic N) is 2. The standard InChI is InChI=1S/C21H21N3O6S2/c1-29-12-4-2-11(3-5-12)14-15-16(19(27)22-18(15)26)31-20-17(14)32-21(28)24(20)10-13(25)23-6-8-30-9-7-23/h2-5,14-16H,6-10H2,1H3,(H,22,26,27)/t14-,15?,16?/m0/s1. The molecule has 0 saturated carbocycles. The van der Waals surface area contributed by atoms with E-state index < -0.39 is 17.1 Å². The van der Waals surface area contributed by atoms with Crippen molar-refractivity contribution >= 4 is 40.8 Å². The van der Waals surface area contributed by atoms with Gasteiger partial charge in [0.1, 0.15) is 17.5 Å². The molecule has 0 radical (unpaired) electrons. The third-order valence-corrected chi connectivity index (χ3v) is 8.64. The Balaban J connectivity index is 1.56. The molecule has 3 atom stereocenters. The van der Waals surface area contributed by atoms with E-state index in [1.54, 1.807) is 24.1 Å². The largest absolute Gasteiger partial charge is 0.497 e. The van der Waals surface area contributed by atoms with Crippen molar-refractivity contribution in [2.24, 2.45) is 5.92 Å². The van der Waals surface area contributed by atoms with Gasteiger partial charge in [-0.05, 0) is 17.7 Å². The summed E-state index contributed by atoms with van der Waals surface area (Å²) in [6.07, 6.45) is 0. The molecule has 0 spiro atoms. The number of nitrogens with one attached hydrogen (secondary N) is 1. The Morgan fingerprint density at radius 1 is 1.16 bits per heavy atom. The molecule has 3 aliphatic rings. The van der Waals surface area contributed by atoms with Crippen LogP contribution in [0.3, 0.4) is 0 Å². The number of hydrogen-bond acceptors (Lipinski definition) is 8. The van der Waals surface area contributed by atoms with Crippen molar-refractivity contribution in [2.75, 3.05) is 33.4 Å². The number of morpholine rings is 1. The Kier molecular flexibility index (Phi) is 5.56. The van der Waals surface area contributed by atoms with Gasteiger partial charge in [-0.15, -0.1) is 0 Å². The number of imide groups is 1. The third kappa shape index (κ3) is 3.54. The smallest absolute Gasteiger partial charge is 0.308 e. The van der Waals surface area contributed by atoms with E-state index in [1.807, 2.05) is 12.1 Å². The van der Waals surface area contributed by atoms with Gasteiger partial charge in [0.25, 0.3) is 0 Å². The Bertz CT molecular complexity index is 1140. The van der Waals surface area contributed by atoms with E-state index in [1.165, 1.54) is 16.3 Å². The van der Waals surface area contributed by atoms with E-state index in [4.69, 9.17) is 9.47 Å². The van der Waals surface area contributed by atoms with Crippen LogP contribution in [0.5, 0.6) is 5.75 Å². The maximum Gasteiger partial charge on any atom is 0.308 e. The number of rotatable bonds is 4. The second-order valence-electron chi connectivity index (χ2n) is 7.79. The second-order valence-corrected chi connectivity index (χ2v) is 9.91. The molecule has 3 amide bonds. The SMILES string of the molecule is COc1ccc([C@@H]2c3sc(=O)n(CC(=O)N4CCOCC4)c3SC3C(=O)NC(=O)C32)cc1. The predicted octanol–water partition coefficient (Wildman–Crippen LogP) is 0.656. The van der Waals surface area contributed by atoms with Crippen LogP contribution in [-0.2, 0) is 25.7 Å². The highest BCUT2D eigenvalue weighted by atomic mass is 32.2. The maximum absolute atomic E-state index is 13.0. The third-order valence-electron chi connectivity index (χ3n) is 6.02. The Morgan fingerprint density at radius 3 is 2.56 bits per heavy atom. The molecule has 0 bridgehead atoms. The zero-order valence-corrected chi connectivity index (χ0v) is 18.9. The normalized spacial score (nSPS) is 24.7. The molecule has 1 N–H and O–H groups in total. The number of amides is 3. The zero-order chi connectivity index (χ0) is 22.4. The number of hydrogen-bond donors (Lipinski definition) is 1. The molecule has 2 unspecified atom stereocenters. The van der Waals surface area contributed by atoms with Gasteiger partial charge in [0.2, 0.25) is 17.7 Å². The lowest BCUT2D eigenvalue weighted by atomic mass is 9.83. The number of thiazole rings is 1. The van der Waals surface area contributed by atoms with Crippen LogP contribution in [0.25, 0.3) is 0 Å². The first-order valence-electron chi connectivity index (χ1n) is 10.2. The van der Waals surface area contributed by atoms with E-state index in [9.17, 15) is 19.2 Å². The van der Waals surface area contributed by atoms with Gasteiger partial charge in [-0.25, -0.2) is 0 Å². The van der Waals surface area contributed by atoms with E-state index in [2.05, 4.69) is 5.32 Å². The molecule has 3 aliphatic heterocycles. The Labute approximate surface area is 191 Å². The number of fused-ring (bicyclic) bond motifs is 2. The topological polar surface area (TPSA) is 107 Å². The fraction of sp³-hybridized carbons (Fsp3) is 0.429. The minimum absolute atomic E-state index is 0.0973. The van der Waals surface area contributed by atoms with Crippen molar-refractivity contribution in [3.63, 3.8) is 0 Å². The van der Waals surface area contributed by atoms with Crippen molar-refractivity contribution in [3.8, 4) is 5.75 Å². The Morgan fingerprint density at radius 2 is 1.88 bits per heavy atom. The van der Waals surface area contributed by atoms with Gasteiger partial charge < -0.3 is 14.4 Å². The van der Waals surface area contributed by atoms with Crippen LogP contribution < -0.4 is 14.9 Å². The highest BCUT2D eigenvalue weighted by Gasteiger charge is 2.52. The summed E-state index contributed by atoms with van der Waals surface area (Å²) < 4.78 is 12.0. The minimum Gasteiger partial charge on any atom is -0.497 e. The molecule has 1 aromatic heterocycles. The van der Waals surface area contributed by atoms with Crippen LogP contribution in [-0.4, -0.2) is 65.9 Å². The summed E-state index contributed by atoms with van der Waals surface area (Å²) in [5.74, 6) is -1.26. The van der Waals surface area contributed by atoms with Crippen LogP contribution in [0, 0.1) is 5.92 Å². The average Bonchev–Trinajstić information content (AvgIpc) is 3.28. The van der Waals surface area contributed by atoms with Crippen molar-refractivity contribution in [2.45, 2.75) is 22.7 Å². The summed E-state index contributed by atoms with van der Waals surface area (Å²) in [5.41, 5.74) is 0.820. The molecular weight excluding hydrogens is 454 g/mol. The first kappa shape index (κ1) is 21.2. The summed E-state index contributed by atoms with van der Waals surface area (Å²) in [7, 11) is 1.57. The number of thioether (sulfide) groups is 1. The lowest BCUT2D eigenvalue weighted by molar-refractivity contribution is -0.136. The minimum atomic E-state index is -0.652. The predicted molar refractivity (Wildman–Crippen MR) is 117 cm³/mol. The molecule has 5 rings (SSSR count). The van der Waals surface area contributed by atoms with Gasteiger partial charge in [-0.1, -0.05) is 35.2 Å². The first-order chi connectivity index (χ1) is 15.5. The van der Waals surface area contributed by atoms with Crippen LogP contribution in [0.4, 0.5) is 0 Å². The summed E-state index contributed by atoms with van der Waals surface area (Å²) in [5, 5.41) is 2.38. The van der Waals surface area contributed by atoms with Crippen molar-refractivity contribution in [1.29, 1.82) is 0 Å². The highest BCUT2D eigenvalue weighted by Crippen LogP contribution is 2.51. The second kappa shape index (κ2) is 8.38. The number of aromatic nitrogens is 1. The van der Waals surface area contributed by atoms with Gasteiger partial charge in [0.15, 0.2) is 0 Å². The molecular formula is C21H21N3O6S2. The van der Waals surface area contributed by atoms with Crippen LogP contribution in [0.2, 0.25) is 0 Å². The summed E-state index contributed by atoms with van der Waals surface area (Å²) in [4.78, 5) is 53.1. The van der Waals surface area contributed by atoms with Gasteiger partial charge in [0.05, 0.1) is 31.3 Å². The molecule has 1 aromatic carbocycles. The molecule has 2 aromatic rings. The summed E-state index contributed by atoms with van der Waals surface area (Å²) in [6.45, 7) is 1.83. The summed E-state index contributed by atoms with van der Waals surface area (Å²) >= 11 is 2.24. The maximum atomic E-state index is 13.0. The monoisotopic (exact) mass is 475 g/mol. The number of methoxy groups -OCH3 is 1. The van der Waals surface area contributed by atoms with Crippen LogP contribution in [0.15, 0.2) is 34.1 Å². The van der Waals surface area contributed by atoms with Gasteiger partial charge in [-0.3, -0.25) is 29.1 Å². The zero-order valence-electron chi connectivity index (χ0n) is 17.2. The number of benzene rings is 1. The van der Waals surface area contributed by atoms with Crippen molar-refractivity contribution in [3.05, 3.63) is 44.4 Å².